The molecule has 0 spiro atoms. The summed E-state index contributed by atoms with van der Waals surface area (Å²) in [6, 6.07) is 18.4. The Morgan fingerprint density at radius 2 is 1.91 bits per heavy atom. The van der Waals surface area contributed by atoms with Gasteiger partial charge in [-0.05, 0) is 43.5 Å². The standard InChI is InChI=1S/C26H26N2O2S2/c1-4-26(3)14-20-21(15-30-26)32-23-22(20)24(29)28(19-12-10-17(2)11-13-19)25(27-23)31-16-18-8-6-5-7-9-18/h5-13H,4,14-16H2,1-3H3. The van der Waals surface area contributed by atoms with Crippen LogP contribution in [0.1, 0.15) is 41.8 Å². The van der Waals surface area contributed by atoms with E-state index in [0.29, 0.717) is 6.61 Å². The Balaban J connectivity index is 1.67. The molecule has 1 aliphatic rings. The molecule has 0 saturated carbocycles. The number of thioether (sulfide) groups is 1. The van der Waals surface area contributed by atoms with Gasteiger partial charge in [0.2, 0.25) is 0 Å². The highest BCUT2D eigenvalue weighted by atomic mass is 32.2. The molecule has 2 aromatic carbocycles. The minimum Gasteiger partial charge on any atom is -0.369 e. The van der Waals surface area contributed by atoms with Crippen molar-refractivity contribution in [2.24, 2.45) is 0 Å². The second kappa shape index (κ2) is 8.50. The van der Waals surface area contributed by atoms with Crippen molar-refractivity contribution in [1.82, 2.24) is 9.55 Å². The Hall–Kier alpha value is -2.41. The molecule has 0 fully saturated rings. The molecule has 0 bridgehead atoms. The SMILES string of the molecule is CCC1(C)Cc2c(sc3nc(SCc4ccccc4)n(-c4ccc(C)cc4)c(=O)c23)CO1. The maximum Gasteiger partial charge on any atom is 0.267 e. The van der Waals surface area contributed by atoms with Gasteiger partial charge < -0.3 is 4.74 Å². The first kappa shape index (κ1) is 21.4. The molecule has 0 aliphatic carbocycles. The van der Waals surface area contributed by atoms with E-state index in [1.54, 1.807) is 27.7 Å². The molecule has 2 aromatic heterocycles. The zero-order valence-corrected chi connectivity index (χ0v) is 20.2. The summed E-state index contributed by atoms with van der Waals surface area (Å²) in [5, 5.41) is 1.49. The molecule has 0 N–H and O–H groups in total. The quantitative estimate of drug-likeness (QED) is 0.258. The molecular formula is C26H26N2O2S2. The van der Waals surface area contributed by atoms with Crippen LogP contribution < -0.4 is 5.56 Å². The van der Waals surface area contributed by atoms with Crippen molar-refractivity contribution in [3.63, 3.8) is 0 Å². The average molecular weight is 463 g/mol. The van der Waals surface area contributed by atoms with Gasteiger partial charge >= 0.3 is 0 Å². The predicted molar refractivity (Wildman–Crippen MR) is 133 cm³/mol. The van der Waals surface area contributed by atoms with Gasteiger partial charge in [0.15, 0.2) is 5.16 Å². The van der Waals surface area contributed by atoms with Crippen molar-refractivity contribution in [2.45, 2.75) is 56.7 Å². The van der Waals surface area contributed by atoms with Crippen LogP contribution in [0.2, 0.25) is 0 Å². The third kappa shape index (κ3) is 3.91. The van der Waals surface area contributed by atoms with E-state index in [1.807, 2.05) is 42.5 Å². The molecule has 1 aliphatic heterocycles. The van der Waals surface area contributed by atoms with E-state index in [4.69, 9.17) is 9.72 Å². The first-order valence-corrected chi connectivity index (χ1v) is 12.7. The molecule has 1 atom stereocenters. The summed E-state index contributed by atoms with van der Waals surface area (Å²) in [4.78, 5) is 20.9. The minimum atomic E-state index is -0.233. The van der Waals surface area contributed by atoms with Crippen molar-refractivity contribution in [2.75, 3.05) is 0 Å². The lowest BCUT2D eigenvalue weighted by atomic mass is 9.90. The molecule has 0 radical (unpaired) electrons. The molecule has 4 nitrogen and oxygen atoms in total. The Bertz CT molecular complexity index is 1330. The van der Waals surface area contributed by atoms with Crippen LogP contribution in [0, 0.1) is 6.92 Å². The Kier molecular flexibility index (Phi) is 5.70. The highest BCUT2D eigenvalue weighted by molar-refractivity contribution is 7.98. The largest absolute Gasteiger partial charge is 0.369 e. The summed E-state index contributed by atoms with van der Waals surface area (Å²) in [5.41, 5.74) is 4.14. The van der Waals surface area contributed by atoms with Crippen molar-refractivity contribution in [1.29, 1.82) is 0 Å². The lowest BCUT2D eigenvalue weighted by molar-refractivity contribution is -0.0543. The van der Waals surface area contributed by atoms with Crippen LogP contribution >= 0.6 is 23.1 Å². The van der Waals surface area contributed by atoms with Crippen LogP contribution in [0.15, 0.2) is 64.5 Å². The van der Waals surface area contributed by atoms with E-state index in [0.717, 1.165) is 55.7 Å². The number of ether oxygens (including phenoxy) is 1. The second-order valence-corrected chi connectivity index (χ2v) is 10.6. The van der Waals surface area contributed by atoms with Gasteiger partial charge in [0.25, 0.3) is 5.56 Å². The predicted octanol–water partition coefficient (Wildman–Crippen LogP) is 6.29. The molecular weight excluding hydrogens is 436 g/mol. The number of benzene rings is 2. The van der Waals surface area contributed by atoms with Crippen LogP contribution in [-0.4, -0.2) is 15.2 Å². The lowest BCUT2D eigenvalue weighted by Gasteiger charge is -2.32. The Morgan fingerprint density at radius 1 is 1.16 bits per heavy atom. The zero-order chi connectivity index (χ0) is 22.3. The van der Waals surface area contributed by atoms with Crippen molar-refractivity contribution in [3.05, 3.63) is 86.5 Å². The summed E-state index contributed by atoms with van der Waals surface area (Å²) in [6.07, 6.45) is 1.66. The van der Waals surface area contributed by atoms with E-state index in [9.17, 15) is 4.79 Å². The molecule has 4 aromatic rings. The summed E-state index contributed by atoms with van der Waals surface area (Å²) in [7, 11) is 0. The number of fused-ring (bicyclic) bond motifs is 3. The molecule has 32 heavy (non-hydrogen) atoms. The molecule has 5 rings (SSSR count). The molecule has 164 valence electrons. The van der Waals surface area contributed by atoms with Crippen molar-refractivity contribution >= 4 is 33.3 Å². The first-order chi connectivity index (χ1) is 15.5. The number of aromatic nitrogens is 2. The fourth-order valence-corrected chi connectivity index (χ4v) is 6.18. The number of hydrogen-bond acceptors (Lipinski definition) is 5. The highest BCUT2D eigenvalue weighted by Crippen LogP contribution is 2.39. The zero-order valence-electron chi connectivity index (χ0n) is 18.6. The molecule has 0 saturated heterocycles. The van der Waals surface area contributed by atoms with Gasteiger partial charge in [-0.3, -0.25) is 9.36 Å². The monoisotopic (exact) mass is 462 g/mol. The maximum atomic E-state index is 14.0. The van der Waals surface area contributed by atoms with Gasteiger partial charge in [-0.1, -0.05) is 66.7 Å². The fourth-order valence-electron chi connectivity index (χ4n) is 4.07. The van der Waals surface area contributed by atoms with Crippen molar-refractivity contribution in [3.8, 4) is 5.69 Å². The third-order valence-corrected chi connectivity index (χ3v) is 8.34. The van der Waals surface area contributed by atoms with Crippen LogP contribution in [0.4, 0.5) is 0 Å². The topological polar surface area (TPSA) is 44.1 Å². The van der Waals surface area contributed by atoms with E-state index in [1.165, 1.54) is 5.56 Å². The normalized spacial score (nSPS) is 18.1. The molecule has 0 amide bonds. The van der Waals surface area contributed by atoms with Gasteiger partial charge in [0.1, 0.15) is 4.83 Å². The summed E-state index contributed by atoms with van der Waals surface area (Å²) in [5.74, 6) is 0.757. The second-order valence-electron chi connectivity index (χ2n) is 8.60. The first-order valence-electron chi connectivity index (χ1n) is 10.9. The molecule has 1 unspecified atom stereocenters. The summed E-state index contributed by atoms with van der Waals surface area (Å²) >= 11 is 3.21. The van der Waals surface area contributed by atoms with Crippen LogP contribution in [-0.2, 0) is 23.5 Å². The summed E-state index contributed by atoms with van der Waals surface area (Å²) < 4.78 is 7.94. The number of hydrogen-bond donors (Lipinski definition) is 0. The minimum absolute atomic E-state index is 0.0206. The van der Waals surface area contributed by atoms with Crippen LogP contribution in [0.25, 0.3) is 15.9 Å². The smallest absolute Gasteiger partial charge is 0.267 e. The van der Waals surface area contributed by atoms with Gasteiger partial charge in [-0.15, -0.1) is 11.3 Å². The Labute approximate surface area is 196 Å². The Morgan fingerprint density at radius 3 is 2.62 bits per heavy atom. The van der Waals surface area contributed by atoms with Gasteiger partial charge in [0, 0.05) is 17.1 Å². The van der Waals surface area contributed by atoms with E-state index < -0.39 is 0 Å². The number of rotatable bonds is 5. The van der Waals surface area contributed by atoms with Gasteiger partial charge in [-0.25, -0.2) is 4.98 Å². The number of nitrogens with zero attached hydrogens (tertiary/aromatic N) is 2. The van der Waals surface area contributed by atoms with Crippen molar-refractivity contribution < 1.29 is 4.74 Å². The maximum absolute atomic E-state index is 14.0. The number of aryl methyl sites for hydroxylation is 1. The highest BCUT2D eigenvalue weighted by Gasteiger charge is 2.33. The lowest BCUT2D eigenvalue weighted by Crippen LogP contribution is -2.34. The number of thiophene rings is 1. The molecule has 3 heterocycles. The summed E-state index contributed by atoms with van der Waals surface area (Å²) in [6.45, 7) is 6.88. The molecule has 6 heteroatoms. The van der Waals surface area contributed by atoms with E-state index >= 15 is 0 Å². The van der Waals surface area contributed by atoms with Gasteiger partial charge in [0.05, 0.1) is 23.3 Å². The van der Waals surface area contributed by atoms with Gasteiger partial charge in [-0.2, -0.15) is 0 Å². The third-order valence-electron chi connectivity index (χ3n) is 6.23. The van der Waals surface area contributed by atoms with Crippen LogP contribution in [0.5, 0.6) is 0 Å². The van der Waals surface area contributed by atoms with E-state index in [-0.39, 0.29) is 11.2 Å². The van der Waals surface area contributed by atoms with E-state index in [2.05, 4.69) is 32.9 Å². The fraction of sp³-hybridized carbons (Fsp3) is 0.308. The average Bonchev–Trinajstić information content (AvgIpc) is 3.17. The van der Waals surface area contributed by atoms with Crippen LogP contribution in [0.3, 0.4) is 0 Å².